The van der Waals surface area contributed by atoms with Gasteiger partial charge in [0.15, 0.2) is 0 Å². The molecule has 0 heterocycles. The molecule has 0 saturated carbocycles. The van der Waals surface area contributed by atoms with Crippen molar-refractivity contribution in [3.63, 3.8) is 0 Å². The zero-order valence-electron chi connectivity index (χ0n) is 7.22. The zero-order chi connectivity index (χ0) is 8.20. The molecule has 0 spiro atoms. The van der Waals surface area contributed by atoms with Crippen LogP contribution in [-0.4, -0.2) is 23.1 Å². The van der Waals surface area contributed by atoms with Gasteiger partial charge in [-0.05, 0) is 19.8 Å². The highest BCUT2D eigenvalue weighted by Crippen LogP contribution is 2.19. The Labute approximate surface area is 62.5 Å². The van der Waals surface area contributed by atoms with Crippen molar-refractivity contribution in [3.05, 3.63) is 0 Å². The molecule has 0 aromatic rings. The van der Waals surface area contributed by atoms with Gasteiger partial charge in [0.1, 0.15) is 0 Å². The molecule has 10 heavy (non-hydrogen) atoms. The van der Waals surface area contributed by atoms with Crippen LogP contribution in [-0.2, 0) is 4.84 Å². The van der Waals surface area contributed by atoms with Crippen LogP contribution in [0.3, 0.4) is 0 Å². The molecule has 0 aromatic heterocycles. The highest BCUT2D eigenvalue weighted by atomic mass is 16.9. The second kappa shape index (κ2) is 3.91. The van der Waals surface area contributed by atoms with E-state index < -0.39 is 0 Å². The fourth-order valence-corrected chi connectivity index (χ4v) is 0.698. The second-order valence-electron chi connectivity index (χ2n) is 2.71. The molecule has 0 rings (SSSR count). The Morgan fingerprint density at radius 3 is 1.90 bits per heavy atom. The summed E-state index contributed by atoms with van der Waals surface area (Å²) in [6.45, 7) is 6.04. The van der Waals surface area contributed by atoms with Gasteiger partial charge < -0.3 is 0 Å². The van der Waals surface area contributed by atoms with Crippen LogP contribution in [0.4, 0.5) is 0 Å². The molecule has 1 N–H and O–H groups in total. The molecular formula is C7H17NO2. The minimum atomic E-state index is -0.219. The van der Waals surface area contributed by atoms with Crippen LogP contribution in [0.1, 0.15) is 33.6 Å². The van der Waals surface area contributed by atoms with Crippen LogP contribution >= 0.6 is 0 Å². The van der Waals surface area contributed by atoms with Crippen LogP contribution in [0.25, 0.3) is 0 Å². The Morgan fingerprint density at radius 2 is 1.80 bits per heavy atom. The topological polar surface area (TPSA) is 32.7 Å². The largest absolute Gasteiger partial charge is 0.290 e. The molecule has 0 aliphatic rings. The first-order valence-corrected chi connectivity index (χ1v) is 3.66. The van der Waals surface area contributed by atoms with E-state index in [4.69, 9.17) is 10.0 Å². The molecule has 0 aromatic carbocycles. The maximum absolute atomic E-state index is 8.76. The molecule has 0 aliphatic heterocycles. The Kier molecular flexibility index (Phi) is 3.86. The molecule has 3 nitrogen and oxygen atoms in total. The lowest BCUT2D eigenvalue weighted by Gasteiger charge is -2.28. The second-order valence-corrected chi connectivity index (χ2v) is 2.71. The molecule has 0 fully saturated rings. The van der Waals surface area contributed by atoms with E-state index in [9.17, 15) is 0 Å². The van der Waals surface area contributed by atoms with Gasteiger partial charge in [-0.1, -0.05) is 19.1 Å². The van der Waals surface area contributed by atoms with Gasteiger partial charge in [-0.25, -0.2) is 0 Å². The van der Waals surface area contributed by atoms with Crippen molar-refractivity contribution in [1.82, 2.24) is 5.23 Å². The highest BCUT2D eigenvalue weighted by Gasteiger charge is 2.22. The van der Waals surface area contributed by atoms with Crippen molar-refractivity contribution < 1.29 is 10.0 Å². The lowest BCUT2D eigenvalue weighted by atomic mass is 10.0. The summed E-state index contributed by atoms with van der Waals surface area (Å²) in [5, 5.41) is 9.53. The van der Waals surface area contributed by atoms with Gasteiger partial charge in [0, 0.05) is 7.05 Å². The molecular weight excluding hydrogens is 130 g/mol. The smallest absolute Gasteiger partial charge is 0.0892 e. The van der Waals surface area contributed by atoms with E-state index in [-0.39, 0.29) is 5.60 Å². The first kappa shape index (κ1) is 9.88. The van der Waals surface area contributed by atoms with Crippen LogP contribution in [0, 0.1) is 0 Å². The number of nitrogens with zero attached hydrogens (tertiary/aromatic N) is 1. The molecule has 0 amide bonds. The maximum atomic E-state index is 8.76. The Balaban J connectivity index is 3.80. The fraction of sp³-hybridized carbons (Fsp3) is 1.00. The van der Waals surface area contributed by atoms with Crippen LogP contribution < -0.4 is 0 Å². The third-order valence-corrected chi connectivity index (χ3v) is 1.85. The summed E-state index contributed by atoms with van der Waals surface area (Å²) in [6, 6.07) is 0. The van der Waals surface area contributed by atoms with Gasteiger partial charge in [0.25, 0.3) is 0 Å². The van der Waals surface area contributed by atoms with E-state index in [1.165, 1.54) is 7.05 Å². The average Bonchev–Trinajstić information content (AvgIpc) is 1.87. The summed E-state index contributed by atoms with van der Waals surface area (Å²) in [6.07, 6.45) is 1.79. The first-order chi connectivity index (χ1) is 4.54. The van der Waals surface area contributed by atoms with Crippen molar-refractivity contribution in [1.29, 1.82) is 0 Å². The number of hydrogen-bond donors (Lipinski definition) is 1. The number of hydroxylamine groups is 2. The van der Waals surface area contributed by atoms with Crippen LogP contribution in [0.15, 0.2) is 0 Å². The molecule has 0 radical (unpaired) electrons. The standard InChI is InChI=1S/C7H17NO2/c1-5-7(3,6-2)10-8(4)9/h9H,5-6H2,1-4H3. The molecule has 0 atom stereocenters. The lowest BCUT2D eigenvalue weighted by Crippen LogP contribution is -2.33. The van der Waals surface area contributed by atoms with Crippen LogP contribution in [0.5, 0.6) is 0 Å². The van der Waals surface area contributed by atoms with E-state index >= 15 is 0 Å². The van der Waals surface area contributed by atoms with Crippen molar-refractivity contribution in [2.75, 3.05) is 7.05 Å². The van der Waals surface area contributed by atoms with Gasteiger partial charge in [-0.2, -0.15) is 0 Å². The quantitative estimate of drug-likeness (QED) is 0.616. The molecule has 62 valence electrons. The van der Waals surface area contributed by atoms with E-state index in [2.05, 4.69) is 0 Å². The molecule has 0 saturated heterocycles. The SMILES string of the molecule is CCC(C)(CC)ON(C)O. The minimum Gasteiger partial charge on any atom is -0.290 e. The third kappa shape index (κ3) is 3.15. The van der Waals surface area contributed by atoms with E-state index in [0.717, 1.165) is 18.1 Å². The molecule has 3 heteroatoms. The van der Waals surface area contributed by atoms with Gasteiger partial charge in [-0.3, -0.25) is 10.0 Å². The fourth-order valence-electron chi connectivity index (χ4n) is 0.698. The summed E-state index contributed by atoms with van der Waals surface area (Å²) >= 11 is 0. The average molecular weight is 147 g/mol. The van der Waals surface area contributed by atoms with Crippen molar-refractivity contribution in [2.45, 2.75) is 39.2 Å². The predicted molar refractivity (Wildman–Crippen MR) is 39.6 cm³/mol. The summed E-state index contributed by atoms with van der Waals surface area (Å²) < 4.78 is 0. The van der Waals surface area contributed by atoms with E-state index in [1.54, 1.807) is 0 Å². The summed E-state index contributed by atoms with van der Waals surface area (Å²) in [7, 11) is 1.48. The van der Waals surface area contributed by atoms with Gasteiger partial charge in [0.05, 0.1) is 5.60 Å². The Bertz CT molecular complexity index is 89.6. The number of rotatable bonds is 4. The van der Waals surface area contributed by atoms with Gasteiger partial charge in [0.2, 0.25) is 0 Å². The molecule has 0 aliphatic carbocycles. The predicted octanol–water partition coefficient (Wildman–Crippen LogP) is 1.82. The van der Waals surface area contributed by atoms with Gasteiger partial charge in [-0.15, -0.1) is 0 Å². The third-order valence-electron chi connectivity index (χ3n) is 1.85. The van der Waals surface area contributed by atoms with E-state index in [1.807, 2.05) is 20.8 Å². The minimum absolute atomic E-state index is 0.219. The zero-order valence-corrected chi connectivity index (χ0v) is 7.22. The summed E-state index contributed by atoms with van der Waals surface area (Å²) in [4.78, 5) is 5.12. The first-order valence-electron chi connectivity index (χ1n) is 3.66. The van der Waals surface area contributed by atoms with Crippen LogP contribution in [0.2, 0.25) is 0 Å². The summed E-state index contributed by atoms with van der Waals surface area (Å²) in [5.41, 5.74) is -0.219. The lowest BCUT2D eigenvalue weighted by molar-refractivity contribution is -0.371. The number of hydrogen-bond acceptors (Lipinski definition) is 3. The van der Waals surface area contributed by atoms with Crippen molar-refractivity contribution >= 4 is 0 Å². The summed E-state index contributed by atoms with van der Waals surface area (Å²) in [5.74, 6) is 0. The maximum Gasteiger partial charge on any atom is 0.0892 e. The van der Waals surface area contributed by atoms with Crippen molar-refractivity contribution in [3.8, 4) is 0 Å². The Hall–Kier alpha value is -0.120. The molecule has 0 unspecified atom stereocenters. The normalized spacial score (nSPS) is 12.6. The van der Waals surface area contributed by atoms with E-state index in [0.29, 0.717) is 0 Å². The van der Waals surface area contributed by atoms with Gasteiger partial charge >= 0.3 is 0 Å². The van der Waals surface area contributed by atoms with Crippen molar-refractivity contribution in [2.24, 2.45) is 0 Å². The molecule has 0 bridgehead atoms. The highest BCUT2D eigenvalue weighted by molar-refractivity contribution is 4.68. The monoisotopic (exact) mass is 147 g/mol. The Morgan fingerprint density at radius 1 is 1.40 bits per heavy atom.